The van der Waals surface area contributed by atoms with Crippen molar-refractivity contribution in [3.63, 3.8) is 0 Å². The number of halogens is 1. The minimum atomic E-state index is -5.06. The summed E-state index contributed by atoms with van der Waals surface area (Å²) in [7, 11) is -1.46. The van der Waals surface area contributed by atoms with E-state index in [9.17, 15) is 33.1 Å². The van der Waals surface area contributed by atoms with Gasteiger partial charge < -0.3 is 28.2 Å². The van der Waals surface area contributed by atoms with Crippen molar-refractivity contribution in [1.29, 1.82) is 0 Å². The van der Waals surface area contributed by atoms with Gasteiger partial charge in [0, 0.05) is 29.1 Å². The molecule has 42 heavy (non-hydrogen) atoms. The smallest absolute Gasteiger partial charge is 0.457 e. The first kappa shape index (κ1) is 29.6. The van der Waals surface area contributed by atoms with E-state index in [-0.39, 0.29) is 36.2 Å². The molecule has 224 valence electrons. The minimum absolute atomic E-state index is 0.0492. The number of cyclic esters (lactones) is 1. The molecule has 15 heteroatoms. The fourth-order valence-electron chi connectivity index (χ4n) is 5.37. The van der Waals surface area contributed by atoms with Crippen LogP contribution >= 0.6 is 7.82 Å². The van der Waals surface area contributed by atoms with Crippen molar-refractivity contribution in [2.75, 3.05) is 14.1 Å². The van der Waals surface area contributed by atoms with E-state index in [0.717, 1.165) is 6.07 Å². The van der Waals surface area contributed by atoms with E-state index in [2.05, 4.69) is 9.51 Å². The van der Waals surface area contributed by atoms with E-state index in [1.165, 1.54) is 10.6 Å². The predicted octanol–water partition coefficient (Wildman–Crippen LogP) is 3.32. The number of esters is 1. The Kier molecular flexibility index (Phi) is 7.38. The zero-order valence-corrected chi connectivity index (χ0v) is 24.4. The molecule has 0 bridgehead atoms. The Labute approximate surface area is 239 Å². The highest BCUT2D eigenvalue weighted by atomic mass is 31.2. The Balaban J connectivity index is 1.75. The lowest BCUT2D eigenvalue weighted by atomic mass is 9.85. The largest absolute Gasteiger partial charge is 0.524 e. The van der Waals surface area contributed by atoms with Crippen LogP contribution in [0.2, 0.25) is 0 Å². The molecular weight excluding hydrogens is 576 g/mol. The van der Waals surface area contributed by atoms with E-state index in [1.807, 2.05) is 4.90 Å². The van der Waals surface area contributed by atoms with Crippen molar-refractivity contribution in [2.24, 2.45) is 0 Å². The number of aromatic nitrogens is 2. The van der Waals surface area contributed by atoms with Crippen LogP contribution in [0, 0.1) is 5.82 Å². The molecule has 13 nitrogen and oxygen atoms in total. The number of nitrogens with zero attached hydrogens (tertiary/aromatic N) is 3. The number of ether oxygens (including phenoxy) is 3. The lowest BCUT2D eigenvalue weighted by Gasteiger charge is -2.35. The molecule has 1 aromatic carbocycles. The van der Waals surface area contributed by atoms with Crippen LogP contribution in [-0.4, -0.2) is 56.6 Å². The number of benzene rings is 1. The van der Waals surface area contributed by atoms with E-state index in [1.54, 1.807) is 40.9 Å². The number of hydrogen-bond acceptors (Lipinski definition) is 10. The Hall–Kier alpha value is -3.84. The summed E-state index contributed by atoms with van der Waals surface area (Å²) in [4.78, 5) is 64.5. The quantitative estimate of drug-likeness (QED) is 0.233. The summed E-state index contributed by atoms with van der Waals surface area (Å²) in [6.07, 6.45) is -1.67. The van der Waals surface area contributed by atoms with E-state index in [4.69, 9.17) is 14.2 Å². The van der Waals surface area contributed by atoms with Gasteiger partial charge in [-0.1, -0.05) is 6.92 Å². The first-order valence-electron chi connectivity index (χ1n) is 13.0. The van der Waals surface area contributed by atoms with Gasteiger partial charge in [-0.25, -0.2) is 23.5 Å². The second-order valence-corrected chi connectivity index (χ2v) is 11.8. The van der Waals surface area contributed by atoms with Crippen molar-refractivity contribution >= 4 is 30.9 Å². The number of rotatable bonds is 7. The summed E-state index contributed by atoms with van der Waals surface area (Å²) in [5.41, 5.74) is -0.0919. The van der Waals surface area contributed by atoms with Crippen LogP contribution in [0.4, 0.5) is 9.18 Å². The summed E-state index contributed by atoms with van der Waals surface area (Å²) in [6, 6.07) is 3.74. The van der Waals surface area contributed by atoms with Gasteiger partial charge in [-0.15, -0.1) is 0 Å². The molecular formula is C27H29FN3O10P. The van der Waals surface area contributed by atoms with Crippen molar-refractivity contribution in [3.8, 4) is 17.1 Å². The van der Waals surface area contributed by atoms with Gasteiger partial charge in [0.05, 0.1) is 35.1 Å². The Bertz CT molecular complexity index is 1750. The second kappa shape index (κ2) is 10.5. The van der Waals surface area contributed by atoms with E-state index in [0.29, 0.717) is 34.4 Å². The molecule has 0 amide bonds. The van der Waals surface area contributed by atoms with Gasteiger partial charge in [0.1, 0.15) is 6.61 Å². The molecule has 2 N–H and O–H groups in total. The molecule has 0 unspecified atom stereocenters. The van der Waals surface area contributed by atoms with Crippen LogP contribution in [0.25, 0.3) is 22.3 Å². The fourth-order valence-corrected chi connectivity index (χ4v) is 5.77. The van der Waals surface area contributed by atoms with E-state index >= 15 is 0 Å². The molecule has 3 aromatic rings. The summed E-state index contributed by atoms with van der Waals surface area (Å²) in [5, 5.41) is 0.374. The van der Waals surface area contributed by atoms with Crippen LogP contribution in [0.1, 0.15) is 49.4 Å². The Morgan fingerprint density at radius 1 is 1.24 bits per heavy atom. The molecule has 0 saturated heterocycles. The van der Waals surface area contributed by atoms with Gasteiger partial charge in [0.15, 0.2) is 11.6 Å². The van der Waals surface area contributed by atoms with E-state index < -0.39 is 48.8 Å². The predicted molar refractivity (Wildman–Crippen MR) is 145 cm³/mol. The molecule has 0 saturated carbocycles. The first-order chi connectivity index (χ1) is 19.6. The zero-order chi connectivity index (χ0) is 30.7. The third-order valence-electron chi connectivity index (χ3n) is 7.11. The average molecular weight is 606 g/mol. The van der Waals surface area contributed by atoms with Gasteiger partial charge in [0.25, 0.3) is 5.56 Å². The standard InChI is InChI=1S/C27H29FN3O10P/c1-6-27(40-26(34)39-13(2)3)18-8-21-23-16(11-31(21)24(32)17(18)12-38-25(27)33)15(10-30(4)5)14-7-22(41-42(35,36)37)19(28)9-20(14)29-23/h7-9,13H,6,10-12H2,1-5H3,(H2,35,36,37)/t27-/m0/s1. The molecule has 0 radical (unpaired) electrons. The maximum atomic E-state index is 14.9. The number of fused-ring (bicyclic) bond motifs is 5. The summed E-state index contributed by atoms with van der Waals surface area (Å²) in [5.74, 6) is -2.53. The van der Waals surface area contributed by atoms with Gasteiger partial charge in [-0.05, 0) is 52.1 Å². The zero-order valence-electron chi connectivity index (χ0n) is 23.5. The van der Waals surface area contributed by atoms with Crippen molar-refractivity contribution in [2.45, 2.75) is 58.6 Å². The SMILES string of the molecule is CC[C@@]1(OC(=O)OC(C)C)C(=O)OCc2c1cc1n(c2=O)Cc2c-1nc1cc(F)c(OP(=O)(O)O)cc1c2CN(C)C. The third-order valence-corrected chi connectivity index (χ3v) is 7.54. The van der Waals surface area contributed by atoms with Crippen LogP contribution in [0.5, 0.6) is 5.75 Å². The normalized spacial score (nSPS) is 17.6. The minimum Gasteiger partial charge on any atom is -0.457 e. The van der Waals surface area contributed by atoms with Crippen LogP contribution in [0.15, 0.2) is 23.0 Å². The number of carbonyl (C=O) groups excluding carboxylic acids is 2. The second-order valence-electron chi connectivity index (χ2n) is 10.6. The number of pyridine rings is 2. The third kappa shape index (κ3) is 5.04. The highest BCUT2D eigenvalue weighted by molar-refractivity contribution is 7.46. The maximum absolute atomic E-state index is 14.9. The van der Waals surface area contributed by atoms with Gasteiger partial charge in [-0.3, -0.25) is 14.6 Å². The van der Waals surface area contributed by atoms with Crippen LogP contribution in [-0.2, 0) is 48.9 Å². The molecule has 0 fully saturated rings. The molecule has 2 aliphatic heterocycles. The van der Waals surface area contributed by atoms with Gasteiger partial charge in [0.2, 0.25) is 5.60 Å². The van der Waals surface area contributed by atoms with Crippen molar-refractivity contribution < 1.29 is 47.1 Å². The molecule has 4 heterocycles. The van der Waals surface area contributed by atoms with Crippen molar-refractivity contribution in [3.05, 3.63) is 56.6 Å². The summed E-state index contributed by atoms with van der Waals surface area (Å²) in [6.45, 7) is 4.89. The van der Waals surface area contributed by atoms with Crippen LogP contribution in [0.3, 0.4) is 0 Å². The van der Waals surface area contributed by atoms with Gasteiger partial charge >= 0.3 is 19.9 Å². The topological polar surface area (TPSA) is 167 Å². The lowest BCUT2D eigenvalue weighted by molar-refractivity contribution is -0.176. The molecule has 5 rings (SSSR count). The number of phosphoric acid groups is 1. The van der Waals surface area contributed by atoms with Gasteiger partial charge in [-0.2, -0.15) is 0 Å². The molecule has 2 aliphatic rings. The summed E-state index contributed by atoms with van der Waals surface area (Å²) >= 11 is 0. The number of carbonyl (C=O) groups is 2. The molecule has 1 atom stereocenters. The number of phosphoric ester groups is 1. The maximum Gasteiger partial charge on any atom is 0.524 e. The Morgan fingerprint density at radius 3 is 2.57 bits per heavy atom. The lowest BCUT2D eigenvalue weighted by Crippen LogP contribution is -2.47. The molecule has 2 aromatic heterocycles. The highest BCUT2D eigenvalue weighted by Gasteiger charge is 2.51. The number of hydrogen-bond donors (Lipinski definition) is 2. The van der Waals surface area contributed by atoms with Crippen LogP contribution < -0.4 is 10.1 Å². The average Bonchev–Trinajstić information content (AvgIpc) is 3.24. The molecule has 0 aliphatic carbocycles. The first-order valence-corrected chi connectivity index (χ1v) is 14.6. The Morgan fingerprint density at radius 2 is 1.95 bits per heavy atom. The summed E-state index contributed by atoms with van der Waals surface area (Å²) < 4.78 is 48.3. The highest BCUT2D eigenvalue weighted by Crippen LogP contribution is 2.44. The molecule has 0 spiro atoms. The van der Waals surface area contributed by atoms with Crippen molar-refractivity contribution in [1.82, 2.24) is 14.5 Å². The monoisotopic (exact) mass is 605 g/mol. The fraction of sp³-hybridized carbons (Fsp3) is 0.407.